The van der Waals surface area contributed by atoms with Crippen molar-refractivity contribution >= 4 is 46.3 Å². The van der Waals surface area contributed by atoms with Crippen LogP contribution in [0.2, 0.25) is 5.02 Å². The molecule has 192 valence electrons. The molecule has 1 amide bonds. The maximum atomic E-state index is 14.5. The molecule has 1 aliphatic rings. The maximum absolute atomic E-state index is 14.5. The Morgan fingerprint density at radius 2 is 2.00 bits per heavy atom. The molecule has 0 radical (unpaired) electrons. The van der Waals surface area contributed by atoms with Crippen molar-refractivity contribution in [3.63, 3.8) is 0 Å². The molecule has 3 heterocycles. The van der Waals surface area contributed by atoms with Gasteiger partial charge in [-0.3, -0.25) is 9.78 Å². The zero-order valence-corrected chi connectivity index (χ0v) is 20.8. The summed E-state index contributed by atoms with van der Waals surface area (Å²) in [6.07, 6.45) is 3.99. The first-order valence-electron chi connectivity index (χ1n) is 11.6. The van der Waals surface area contributed by atoms with Crippen molar-refractivity contribution in [3.8, 4) is 11.5 Å². The molecule has 11 heteroatoms. The Balaban J connectivity index is 1.30. The van der Waals surface area contributed by atoms with Crippen LogP contribution in [0.4, 0.5) is 33.2 Å². The lowest BCUT2D eigenvalue weighted by molar-refractivity contribution is -0.114. The van der Waals surface area contributed by atoms with Crippen molar-refractivity contribution in [3.05, 3.63) is 96.2 Å². The predicted molar refractivity (Wildman–Crippen MR) is 143 cm³/mol. The number of carbonyl (C=O) groups is 1. The van der Waals surface area contributed by atoms with Crippen LogP contribution in [-0.2, 0) is 11.4 Å². The topological polar surface area (TPSA) is 102 Å². The Labute approximate surface area is 222 Å². The van der Waals surface area contributed by atoms with E-state index < -0.39 is 5.82 Å². The van der Waals surface area contributed by atoms with Crippen molar-refractivity contribution < 1.29 is 18.7 Å². The third-order valence-corrected chi connectivity index (χ3v) is 5.85. The molecule has 0 fully saturated rings. The quantitative estimate of drug-likeness (QED) is 0.281. The summed E-state index contributed by atoms with van der Waals surface area (Å²) in [7, 11) is 0. The highest BCUT2D eigenvalue weighted by Crippen LogP contribution is 2.35. The number of rotatable bonds is 8. The zero-order valence-electron chi connectivity index (χ0n) is 20.0. The number of amides is 1. The number of anilines is 5. The molecule has 0 saturated heterocycles. The molecular formula is C27H22ClFN6O3. The molecule has 1 aliphatic heterocycles. The molecule has 5 rings (SSSR count). The molecule has 9 nitrogen and oxygen atoms in total. The van der Waals surface area contributed by atoms with Crippen LogP contribution >= 0.6 is 11.6 Å². The number of aromatic nitrogens is 3. The standard InChI is InChI=1S/C27H22ClFN6O3/c1-2-25(36)35-11-12-37-24-9-7-18(14-22(24)35)33-27-31-15-21(29)26(34-27)32-17-6-8-23(20(28)13-17)38-16-19-5-3-4-10-30-19/h2-10,13-15H,1,11-12,16H2,(H2,31,32,33,34). The Hall–Kier alpha value is -4.70. The summed E-state index contributed by atoms with van der Waals surface area (Å²) in [6, 6.07) is 15.8. The lowest BCUT2D eigenvalue weighted by Crippen LogP contribution is -2.36. The van der Waals surface area contributed by atoms with Gasteiger partial charge in [0.05, 0.1) is 29.1 Å². The highest BCUT2D eigenvalue weighted by atomic mass is 35.5. The minimum absolute atomic E-state index is 0.0505. The Kier molecular flexibility index (Phi) is 7.32. The number of nitrogens with one attached hydrogen (secondary N) is 2. The average molecular weight is 533 g/mol. The minimum atomic E-state index is -0.649. The fourth-order valence-corrected chi connectivity index (χ4v) is 3.98. The number of halogens is 2. The molecule has 38 heavy (non-hydrogen) atoms. The summed E-state index contributed by atoms with van der Waals surface area (Å²) in [5.74, 6) is 0.253. The van der Waals surface area contributed by atoms with Gasteiger partial charge in [0, 0.05) is 17.6 Å². The van der Waals surface area contributed by atoms with E-state index in [0.717, 1.165) is 11.9 Å². The van der Waals surface area contributed by atoms with Gasteiger partial charge in [0.25, 0.3) is 5.91 Å². The van der Waals surface area contributed by atoms with Crippen LogP contribution in [0.1, 0.15) is 5.69 Å². The fourth-order valence-electron chi connectivity index (χ4n) is 3.75. The molecule has 0 saturated carbocycles. The SMILES string of the molecule is C=CC(=O)N1CCOc2ccc(Nc3ncc(F)c(Nc4ccc(OCc5ccccn5)c(Cl)c4)n3)cc21. The van der Waals surface area contributed by atoms with Gasteiger partial charge in [-0.25, -0.2) is 9.37 Å². The third kappa shape index (κ3) is 5.65. The Bertz CT molecular complexity index is 1490. The Morgan fingerprint density at radius 1 is 1.16 bits per heavy atom. The summed E-state index contributed by atoms with van der Waals surface area (Å²) in [6.45, 7) is 4.60. The second kappa shape index (κ2) is 11.1. The zero-order chi connectivity index (χ0) is 26.5. The van der Waals surface area contributed by atoms with Crippen molar-refractivity contribution in [2.45, 2.75) is 6.61 Å². The van der Waals surface area contributed by atoms with Crippen molar-refractivity contribution in [2.24, 2.45) is 0 Å². The molecular weight excluding hydrogens is 511 g/mol. The van der Waals surface area contributed by atoms with Crippen molar-refractivity contribution in [1.29, 1.82) is 0 Å². The first-order valence-corrected chi connectivity index (χ1v) is 12.0. The molecule has 0 aliphatic carbocycles. The van der Waals surface area contributed by atoms with Crippen LogP contribution in [0.25, 0.3) is 0 Å². The number of hydrogen-bond acceptors (Lipinski definition) is 8. The number of carbonyl (C=O) groups excluding carboxylic acids is 1. The van der Waals surface area contributed by atoms with Crippen LogP contribution < -0.4 is 25.0 Å². The summed E-state index contributed by atoms with van der Waals surface area (Å²) >= 11 is 6.37. The van der Waals surface area contributed by atoms with Crippen LogP contribution in [-0.4, -0.2) is 34.0 Å². The van der Waals surface area contributed by atoms with E-state index in [4.69, 9.17) is 21.1 Å². The summed E-state index contributed by atoms with van der Waals surface area (Å²) < 4.78 is 25.9. The van der Waals surface area contributed by atoms with Gasteiger partial charge in [-0.15, -0.1) is 0 Å². The van der Waals surface area contributed by atoms with E-state index in [1.54, 1.807) is 47.5 Å². The van der Waals surface area contributed by atoms with Gasteiger partial charge in [-0.1, -0.05) is 24.2 Å². The molecule has 2 N–H and O–H groups in total. The van der Waals surface area contributed by atoms with Gasteiger partial charge in [0.2, 0.25) is 5.95 Å². The van der Waals surface area contributed by atoms with E-state index in [-0.39, 0.29) is 24.3 Å². The van der Waals surface area contributed by atoms with Gasteiger partial charge in [0.1, 0.15) is 24.7 Å². The lowest BCUT2D eigenvalue weighted by atomic mass is 10.2. The highest BCUT2D eigenvalue weighted by Gasteiger charge is 2.22. The van der Waals surface area contributed by atoms with E-state index in [1.165, 1.54) is 6.08 Å². The molecule has 0 atom stereocenters. The molecule has 4 aromatic rings. The normalized spacial score (nSPS) is 12.2. The van der Waals surface area contributed by atoms with E-state index in [9.17, 15) is 9.18 Å². The minimum Gasteiger partial charge on any atom is -0.490 e. The van der Waals surface area contributed by atoms with Gasteiger partial charge in [-0.2, -0.15) is 4.98 Å². The highest BCUT2D eigenvalue weighted by molar-refractivity contribution is 6.32. The van der Waals surface area contributed by atoms with E-state index in [2.05, 4.69) is 32.2 Å². The van der Waals surface area contributed by atoms with Gasteiger partial charge < -0.3 is 25.0 Å². The van der Waals surface area contributed by atoms with E-state index in [0.29, 0.717) is 46.7 Å². The number of pyridine rings is 1. The monoisotopic (exact) mass is 532 g/mol. The third-order valence-electron chi connectivity index (χ3n) is 5.56. The number of fused-ring (bicyclic) bond motifs is 1. The lowest BCUT2D eigenvalue weighted by Gasteiger charge is -2.29. The molecule has 0 unspecified atom stereocenters. The summed E-state index contributed by atoms with van der Waals surface area (Å²) in [5, 5.41) is 6.30. The first kappa shape index (κ1) is 25.0. The van der Waals surface area contributed by atoms with Gasteiger partial charge in [0.15, 0.2) is 11.6 Å². The fraction of sp³-hybridized carbons (Fsp3) is 0.111. The number of nitrogens with zero attached hydrogens (tertiary/aromatic N) is 4. The Morgan fingerprint density at radius 3 is 2.79 bits per heavy atom. The number of ether oxygens (including phenoxy) is 2. The largest absolute Gasteiger partial charge is 0.490 e. The van der Waals surface area contributed by atoms with Crippen LogP contribution in [0, 0.1) is 5.82 Å². The summed E-state index contributed by atoms with van der Waals surface area (Å²) in [4.78, 5) is 26.3. The number of benzene rings is 2. The van der Waals surface area contributed by atoms with Crippen molar-refractivity contribution in [2.75, 3.05) is 28.7 Å². The van der Waals surface area contributed by atoms with Crippen LogP contribution in [0.5, 0.6) is 11.5 Å². The van der Waals surface area contributed by atoms with Crippen LogP contribution in [0.3, 0.4) is 0 Å². The van der Waals surface area contributed by atoms with Crippen LogP contribution in [0.15, 0.2) is 79.6 Å². The van der Waals surface area contributed by atoms with Gasteiger partial charge in [-0.05, 0) is 54.6 Å². The predicted octanol–water partition coefficient (Wildman–Crippen LogP) is 5.64. The maximum Gasteiger partial charge on any atom is 0.250 e. The van der Waals surface area contributed by atoms with Gasteiger partial charge >= 0.3 is 0 Å². The van der Waals surface area contributed by atoms with Crippen molar-refractivity contribution in [1.82, 2.24) is 15.0 Å². The van der Waals surface area contributed by atoms with E-state index in [1.807, 2.05) is 18.2 Å². The smallest absolute Gasteiger partial charge is 0.250 e. The second-order valence-corrected chi connectivity index (χ2v) is 8.53. The van der Waals surface area contributed by atoms with E-state index >= 15 is 0 Å². The molecule has 2 aromatic carbocycles. The molecule has 0 spiro atoms. The molecule has 2 aromatic heterocycles. The summed E-state index contributed by atoms with van der Waals surface area (Å²) in [5.41, 5.74) is 2.45. The molecule has 0 bridgehead atoms. The average Bonchev–Trinajstić information content (AvgIpc) is 2.94. The number of hydrogen-bond donors (Lipinski definition) is 2. The first-order chi connectivity index (χ1) is 18.5. The second-order valence-electron chi connectivity index (χ2n) is 8.12.